The van der Waals surface area contributed by atoms with E-state index < -0.39 is 5.97 Å². The summed E-state index contributed by atoms with van der Waals surface area (Å²) in [6, 6.07) is 9.26. The summed E-state index contributed by atoms with van der Waals surface area (Å²) in [7, 11) is 4.67. The van der Waals surface area contributed by atoms with Gasteiger partial charge in [0.05, 0.1) is 26.9 Å². The van der Waals surface area contributed by atoms with Gasteiger partial charge < -0.3 is 24.6 Å². The molecule has 26 heavy (non-hydrogen) atoms. The van der Waals surface area contributed by atoms with Crippen LogP contribution >= 0.6 is 0 Å². The highest BCUT2D eigenvalue weighted by atomic mass is 16.5. The molecule has 2 rings (SSSR count). The van der Waals surface area contributed by atoms with Gasteiger partial charge >= 0.3 is 5.97 Å². The fourth-order valence-corrected chi connectivity index (χ4v) is 2.49. The highest BCUT2D eigenvalue weighted by molar-refractivity contribution is 5.95. The number of carboxylic acids is 1. The Morgan fingerprint density at radius 2 is 1.46 bits per heavy atom. The third kappa shape index (κ3) is 4.44. The molecule has 2 aromatic rings. The first kappa shape index (κ1) is 19.1. The molecule has 0 bridgehead atoms. The maximum atomic E-state index is 12.2. The molecule has 0 aliphatic carbocycles. The van der Waals surface area contributed by atoms with Crippen LogP contribution in [0.25, 0.3) is 0 Å². The second-order valence-corrected chi connectivity index (χ2v) is 5.40. The third-order valence-electron chi connectivity index (χ3n) is 3.87. The van der Waals surface area contributed by atoms with Gasteiger partial charge in [0.2, 0.25) is 0 Å². The highest BCUT2D eigenvalue weighted by Crippen LogP contribution is 2.34. The summed E-state index contributed by atoms with van der Waals surface area (Å²) in [6.45, 7) is 0.360. The SMILES string of the molecule is COc1cc(OC)c(CCNC(=O)c2ccc(C(=O)O)cc2)c(OC)c1. The van der Waals surface area contributed by atoms with E-state index in [1.54, 1.807) is 33.5 Å². The lowest BCUT2D eigenvalue weighted by Crippen LogP contribution is -2.26. The first-order valence-electron chi connectivity index (χ1n) is 7.90. The maximum absolute atomic E-state index is 12.2. The fraction of sp³-hybridized carbons (Fsp3) is 0.263. The summed E-state index contributed by atoms with van der Waals surface area (Å²) >= 11 is 0. The molecule has 7 nitrogen and oxygen atoms in total. The number of carboxylic acid groups (broad SMARTS) is 1. The van der Waals surface area contributed by atoms with Crippen molar-refractivity contribution in [2.45, 2.75) is 6.42 Å². The molecule has 0 saturated heterocycles. The molecular weight excluding hydrogens is 338 g/mol. The van der Waals surface area contributed by atoms with E-state index in [1.165, 1.54) is 24.3 Å². The second kappa shape index (κ2) is 8.75. The van der Waals surface area contributed by atoms with Gasteiger partial charge in [-0.1, -0.05) is 0 Å². The van der Waals surface area contributed by atoms with Gasteiger partial charge in [-0.3, -0.25) is 4.79 Å². The van der Waals surface area contributed by atoms with Crippen LogP contribution in [0.15, 0.2) is 36.4 Å². The molecule has 0 heterocycles. The molecule has 0 aliphatic heterocycles. The summed E-state index contributed by atoms with van der Waals surface area (Å²) in [5, 5.41) is 11.7. The average molecular weight is 359 g/mol. The summed E-state index contributed by atoms with van der Waals surface area (Å²) < 4.78 is 16.0. The molecule has 7 heteroatoms. The molecule has 0 aromatic heterocycles. The molecule has 0 atom stereocenters. The van der Waals surface area contributed by atoms with E-state index in [2.05, 4.69) is 5.32 Å². The van der Waals surface area contributed by atoms with Crippen molar-refractivity contribution in [1.82, 2.24) is 5.32 Å². The van der Waals surface area contributed by atoms with Crippen LogP contribution in [0.2, 0.25) is 0 Å². The quantitative estimate of drug-likeness (QED) is 0.752. The zero-order chi connectivity index (χ0) is 19.1. The summed E-state index contributed by atoms with van der Waals surface area (Å²) in [6.07, 6.45) is 0.495. The third-order valence-corrected chi connectivity index (χ3v) is 3.87. The topological polar surface area (TPSA) is 94.1 Å². The Labute approximate surface area is 151 Å². The number of aromatic carboxylic acids is 1. The predicted octanol–water partition coefficient (Wildman–Crippen LogP) is 2.38. The van der Waals surface area contributed by atoms with Crippen LogP contribution in [0.1, 0.15) is 26.3 Å². The van der Waals surface area contributed by atoms with Gasteiger partial charge in [0.1, 0.15) is 17.2 Å². The molecule has 0 unspecified atom stereocenters. The van der Waals surface area contributed by atoms with Gasteiger partial charge in [0.15, 0.2) is 0 Å². The lowest BCUT2D eigenvalue weighted by molar-refractivity contribution is 0.0696. The normalized spacial score (nSPS) is 10.1. The van der Waals surface area contributed by atoms with E-state index >= 15 is 0 Å². The molecule has 1 amide bonds. The standard InChI is InChI=1S/C19H21NO6/c1-24-14-10-16(25-2)15(17(11-14)26-3)8-9-20-18(21)12-4-6-13(7-5-12)19(22)23/h4-7,10-11H,8-9H2,1-3H3,(H,20,21)(H,22,23). The molecule has 138 valence electrons. The number of methoxy groups -OCH3 is 3. The largest absolute Gasteiger partial charge is 0.496 e. The average Bonchev–Trinajstić information content (AvgIpc) is 2.67. The molecule has 0 spiro atoms. The van der Waals surface area contributed by atoms with Crippen molar-refractivity contribution in [3.63, 3.8) is 0 Å². The molecule has 0 saturated carbocycles. The number of ether oxygens (including phenoxy) is 3. The minimum Gasteiger partial charge on any atom is -0.496 e. The van der Waals surface area contributed by atoms with Gasteiger partial charge in [0.25, 0.3) is 5.91 Å². The summed E-state index contributed by atoms with van der Waals surface area (Å²) in [4.78, 5) is 23.0. The van der Waals surface area contributed by atoms with Gasteiger partial charge in [-0.25, -0.2) is 4.79 Å². The zero-order valence-corrected chi connectivity index (χ0v) is 14.9. The Morgan fingerprint density at radius 3 is 1.92 bits per heavy atom. The van der Waals surface area contributed by atoms with E-state index in [1.807, 2.05) is 0 Å². The second-order valence-electron chi connectivity index (χ2n) is 5.40. The number of amides is 1. The van der Waals surface area contributed by atoms with Crippen LogP contribution in [0.4, 0.5) is 0 Å². The van der Waals surface area contributed by atoms with Crippen molar-refractivity contribution in [3.8, 4) is 17.2 Å². The minimum absolute atomic E-state index is 0.134. The van der Waals surface area contributed by atoms with Gasteiger partial charge in [-0.2, -0.15) is 0 Å². The van der Waals surface area contributed by atoms with Crippen molar-refractivity contribution < 1.29 is 28.9 Å². The number of carbonyl (C=O) groups is 2. The lowest BCUT2D eigenvalue weighted by atomic mass is 10.1. The van der Waals surface area contributed by atoms with Crippen LogP contribution < -0.4 is 19.5 Å². The lowest BCUT2D eigenvalue weighted by Gasteiger charge is -2.15. The van der Waals surface area contributed by atoms with Crippen molar-refractivity contribution >= 4 is 11.9 Å². The van der Waals surface area contributed by atoms with Crippen LogP contribution in [0.5, 0.6) is 17.2 Å². The van der Waals surface area contributed by atoms with Gasteiger partial charge in [-0.15, -0.1) is 0 Å². The first-order chi connectivity index (χ1) is 12.5. The van der Waals surface area contributed by atoms with Crippen molar-refractivity contribution in [2.75, 3.05) is 27.9 Å². The van der Waals surface area contributed by atoms with Crippen LogP contribution in [-0.4, -0.2) is 44.9 Å². The molecule has 0 fully saturated rings. The van der Waals surface area contributed by atoms with E-state index in [4.69, 9.17) is 19.3 Å². The zero-order valence-electron chi connectivity index (χ0n) is 14.9. The van der Waals surface area contributed by atoms with Gasteiger partial charge in [0, 0.05) is 29.8 Å². The van der Waals surface area contributed by atoms with E-state index in [0.29, 0.717) is 35.8 Å². The molecular formula is C19H21NO6. The molecule has 2 N–H and O–H groups in total. The molecule has 2 aromatic carbocycles. The van der Waals surface area contributed by atoms with E-state index in [9.17, 15) is 9.59 Å². The van der Waals surface area contributed by atoms with Crippen molar-refractivity contribution in [2.24, 2.45) is 0 Å². The van der Waals surface area contributed by atoms with Crippen molar-refractivity contribution in [1.29, 1.82) is 0 Å². The number of nitrogens with one attached hydrogen (secondary N) is 1. The Kier molecular flexibility index (Phi) is 6.43. The number of carbonyl (C=O) groups excluding carboxylic acids is 1. The monoisotopic (exact) mass is 359 g/mol. The van der Waals surface area contributed by atoms with Crippen LogP contribution in [-0.2, 0) is 6.42 Å². The van der Waals surface area contributed by atoms with E-state index in [0.717, 1.165) is 5.56 Å². The Balaban J connectivity index is 2.04. The van der Waals surface area contributed by atoms with Crippen molar-refractivity contribution in [3.05, 3.63) is 53.1 Å². The van der Waals surface area contributed by atoms with Crippen LogP contribution in [0, 0.1) is 0 Å². The highest BCUT2D eigenvalue weighted by Gasteiger charge is 2.14. The van der Waals surface area contributed by atoms with Crippen LogP contribution in [0.3, 0.4) is 0 Å². The Morgan fingerprint density at radius 1 is 0.923 bits per heavy atom. The summed E-state index contributed by atoms with van der Waals surface area (Å²) in [5.41, 5.74) is 1.34. The number of hydrogen-bond donors (Lipinski definition) is 2. The fourth-order valence-electron chi connectivity index (χ4n) is 2.49. The minimum atomic E-state index is -1.03. The predicted molar refractivity (Wildman–Crippen MR) is 95.5 cm³/mol. The number of rotatable bonds is 8. The Bertz CT molecular complexity index is 760. The number of benzene rings is 2. The molecule has 0 radical (unpaired) electrons. The molecule has 0 aliphatic rings. The smallest absolute Gasteiger partial charge is 0.335 e. The summed E-state index contributed by atoms with van der Waals surface area (Å²) in [5.74, 6) is 0.525. The Hall–Kier alpha value is -3.22. The maximum Gasteiger partial charge on any atom is 0.335 e. The first-order valence-corrected chi connectivity index (χ1v) is 7.90. The number of hydrogen-bond acceptors (Lipinski definition) is 5. The van der Waals surface area contributed by atoms with Gasteiger partial charge in [-0.05, 0) is 30.7 Å². The van der Waals surface area contributed by atoms with E-state index in [-0.39, 0.29) is 11.5 Å².